The Morgan fingerprint density at radius 2 is 2.25 bits per heavy atom. The zero-order valence-corrected chi connectivity index (χ0v) is 8.79. The third-order valence-corrected chi connectivity index (χ3v) is 2.49. The lowest BCUT2D eigenvalue weighted by molar-refractivity contribution is -0.115. The zero-order valence-electron chi connectivity index (χ0n) is 8.79. The minimum absolute atomic E-state index is 0.361. The lowest BCUT2D eigenvalue weighted by Gasteiger charge is -2.00. The van der Waals surface area contributed by atoms with Crippen molar-refractivity contribution >= 4 is 16.8 Å². The number of benzene rings is 1. The molecule has 0 saturated carbocycles. The van der Waals surface area contributed by atoms with Crippen LogP contribution in [0.3, 0.4) is 0 Å². The van der Waals surface area contributed by atoms with Crippen molar-refractivity contribution in [2.75, 3.05) is 6.54 Å². The average molecular weight is 212 g/mol. The Labute approximate surface area is 93.9 Å². The lowest BCUT2D eigenvalue weighted by Crippen LogP contribution is -2.23. The molecule has 0 saturated heterocycles. The third-order valence-electron chi connectivity index (χ3n) is 2.49. The zero-order chi connectivity index (χ0) is 11.4. The summed E-state index contributed by atoms with van der Waals surface area (Å²) < 4.78 is 0. The van der Waals surface area contributed by atoms with E-state index in [-0.39, 0.29) is 5.91 Å². The van der Waals surface area contributed by atoms with Crippen LogP contribution in [0, 0.1) is 12.3 Å². The van der Waals surface area contributed by atoms with Crippen LogP contribution in [-0.4, -0.2) is 17.4 Å². The fourth-order valence-electron chi connectivity index (χ4n) is 1.70. The van der Waals surface area contributed by atoms with Gasteiger partial charge in [0, 0.05) is 23.6 Å². The molecule has 1 amide bonds. The van der Waals surface area contributed by atoms with Crippen LogP contribution in [0.5, 0.6) is 0 Å². The van der Waals surface area contributed by atoms with Crippen LogP contribution in [-0.2, 0) is 11.2 Å². The minimum atomic E-state index is -0.361. The highest BCUT2D eigenvalue weighted by Crippen LogP contribution is 2.17. The third kappa shape index (κ3) is 2.06. The number of fused-ring (bicyclic) bond motifs is 1. The number of amides is 1. The Bertz CT molecular complexity index is 548. The second-order valence-corrected chi connectivity index (χ2v) is 3.51. The van der Waals surface area contributed by atoms with E-state index in [4.69, 9.17) is 6.42 Å². The Morgan fingerprint density at radius 1 is 1.44 bits per heavy atom. The summed E-state index contributed by atoms with van der Waals surface area (Å²) in [5.74, 6) is 1.66. The molecule has 3 heteroatoms. The summed E-state index contributed by atoms with van der Waals surface area (Å²) in [5, 5.41) is 3.84. The second kappa shape index (κ2) is 4.54. The van der Waals surface area contributed by atoms with E-state index in [1.165, 1.54) is 10.9 Å². The van der Waals surface area contributed by atoms with Crippen molar-refractivity contribution in [1.29, 1.82) is 0 Å². The Kier molecular flexibility index (Phi) is 2.93. The molecule has 3 nitrogen and oxygen atoms in total. The standard InChI is InChI=1S/C13H12N2O/c1-2-13(16)14-8-7-10-9-15-12-6-4-3-5-11(10)12/h1,3-6,9,15H,7-8H2,(H,14,16). The van der Waals surface area contributed by atoms with Crippen LogP contribution >= 0.6 is 0 Å². The van der Waals surface area contributed by atoms with Gasteiger partial charge in [-0.3, -0.25) is 4.79 Å². The molecule has 1 aromatic heterocycles. The first-order valence-electron chi connectivity index (χ1n) is 5.10. The SMILES string of the molecule is C#CC(=O)NCCc1c[nH]c2ccccc12. The summed E-state index contributed by atoms with van der Waals surface area (Å²) in [7, 11) is 0. The normalized spacial score (nSPS) is 9.94. The van der Waals surface area contributed by atoms with Gasteiger partial charge in [0.2, 0.25) is 0 Å². The minimum Gasteiger partial charge on any atom is -0.361 e. The van der Waals surface area contributed by atoms with Gasteiger partial charge in [-0.05, 0) is 24.0 Å². The largest absolute Gasteiger partial charge is 0.361 e. The molecular formula is C13H12N2O. The van der Waals surface area contributed by atoms with Gasteiger partial charge >= 0.3 is 0 Å². The number of nitrogens with one attached hydrogen (secondary N) is 2. The maximum absolute atomic E-state index is 10.8. The number of hydrogen-bond acceptors (Lipinski definition) is 1. The highest BCUT2D eigenvalue weighted by atomic mass is 16.1. The number of H-pyrrole nitrogens is 1. The topological polar surface area (TPSA) is 44.9 Å². The van der Waals surface area contributed by atoms with Gasteiger partial charge in [-0.2, -0.15) is 0 Å². The van der Waals surface area contributed by atoms with Crippen molar-refractivity contribution in [3.8, 4) is 12.3 Å². The number of rotatable bonds is 3. The van der Waals surface area contributed by atoms with E-state index in [9.17, 15) is 4.79 Å². The smallest absolute Gasteiger partial charge is 0.295 e. The Balaban J connectivity index is 2.05. The molecule has 2 rings (SSSR count). The van der Waals surface area contributed by atoms with E-state index in [1.54, 1.807) is 0 Å². The molecule has 0 unspecified atom stereocenters. The van der Waals surface area contributed by atoms with Crippen LogP contribution < -0.4 is 5.32 Å². The number of aromatic amines is 1. The van der Waals surface area contributed by atoms with Crippen LogP contribution in [0.2, 0.25) is 0 Å². The van der Waals surface area contributed by atoms with Crippen molar-refractivity contribution in [1.82, 2.24) is 10.3 Å². The molecule has 0 aliphatic heterocycles. The van der Waals surface area contributed by atoms with E-state index in [0.717, 1.165) is 11.9 Å². The summed E-state index contributed by atoms with van der Waals surface area (Å²) in [4.78, 5) is 14.0. The Morgan fingerprint density at radius 3 is 3.06 bits per heavy atom. The number of para-hydroxylation sites is 1. The highest BCUT2D eigenvalue weighted by molar-refractivity contribution is 5.92. The average Bonchev–Trinajstić information content (AvgIpc) is 2.73. The first-order valence-corrected chi connectivity index (χ1v) is 5.10. The number of carbonyl (C=O) groups excluding carboxylic acids is 1. The summed E-state index contributed by atoms with van der Waals surface area (Å²) in [6.07, 6.45) is 7.69. The molecule has 0 aliphatic rings. The molecule has 1 heterocycles. The molecule has 0 radical (unpaired) electrons. The summed E-state index contributed by atoms with van der Waals surface area (Å²) in [6, 6.07) is 8.07. The molecule has 80 valence electrons. The van der Waals surface area contributed by atoms with Crippen molar-refractivity contribution in [3.63, 3.8) is 0 Å². The summed E-state index contributed by atoms with van der Waals surface area (Å²) in [5.41, 5.74) is 2.30. The van der Waals surface area contributed by atoms with Gasteiger partial charge in [-0.25, -0.2) is 0 Å². The maximum atomic E-state index is 10.8. The van der Waals surface area contributed by atoms with Gasteiger partial charge in [-0.1, -0.05) is 18.2 Å². The predicted octanol–water partition coefficient (Wildman–Crippen LogP) is 1.46. The van der Waals surface area contributed by atoms with Gasteiger partial charge in [0.25, 0.3) is 5.91 Å². The van der Waals surface area contributed by atoms with E-state index in [1.807, 2.05) is 30.3 Å². The van der Waals surface area contributed by atoms with Gasteiger partial charge in [0.05, 0.1) is 0 Å². The summed E-state index contributed by atoms with van der Waals surface area (Å²) >= 11 is 0. The molecule has 16 heavy (non-hydrogen) atoms. The van der Waals surface area contributed by atoms with Gasteiger partial charge in [0.15, 0.2) is 0 Å². The van der Waals surface area contributed by atoms with Crippen LogP contribution in [0.15, 0.2) is 30.5 Å². The molecular weight excluding hydrogens is 200 g/mol. The van der Waals surface area contributed by atoms with E-state index < -0.39 is 0 Å². The molecule has 0 fully saturated rings. The number of hydrogen-bond donors (Lipinski definition) is 2. The first kappa shape index (κ1) is 10.3. The molecule has 1 aromatic carbocycles. The van der Waals surface area contributed by atoms with Gasteiger partial charge < -0.3 is 10.3 Å². The van der Waals surface area contributed by atoms with Crippen LogP contribution in [0.25, 0.3) is 10.9 Å². The highest BCUT2D eigenvalue weighted by Gasteiger charge is 2.02. The Hall–Kier alpha value is -2.21. The molecule has 0 aliphatic carbocycles. The fraction of sp³-hybridized carbons (Fsp3) is 0.154. The van der Waals surface area contributed by atoms with Crippen molar-refractivity contribution in [2.45, 2.75) is 6.42 Å². The molecule has 2 N–H and O–H groups in total. The molecule has 2 aromatic rings. The van der Waals surface area contributed by atoms with Crippen LogP contribution in [0.4, 0.5) is 0 Å². The van der Waals surface area contributed by atoms with Crippen molar-refractivity contribution < 1.29 is 4.79 Å². The van der Waals surface area contributed by atoms with Crippen LogP contribution in [0.1, 0.15) is 5.56 Å². The maximum Gasteiger partial charge on any atom is 0.295 e. The molecule has 0 bridgehead atoms. The number of terminal acetylenes is 1. The molecule has 0 atom stereocenters. The van der Waals surface area contributed by atoms with Gasteiger partial charge in [-0.15, -0.1) is 6.42 Å². The fourth-order valence-corrected chi connectivity index (χ4v) is 1.70. The lowest BCUT2D eigenvalue weighted by atomic mass is 10.1. The molecule has 0 spiro atoms. The second-order valence-electron chi connectivity index (χ2n) is 3.51. The van der Waals surface area contributed by atoms with Crippen molar-refractivity contribution in [3.05, 3.63) is 36.0 Å². The monoisotopic (exact) mass is 212 g/mol. The van der Waals surface area contributed by atoms with E-state index in [0.29, 0.717) is 6.54 Å². The number of carbonyl (C=O) groups is 1. The predicted molar refractivity (Wildman–Crippen MR) is 63.8 cm³/mol. The van der Waals surface area contributed by atoms with Gasteiger partial charge in [0.1, 0.15) is 0 Å². The van der Waals surface area contributed by atoms with Crippen molar-refractivity contribution in [2.24, 2.45) is 0 Å². The van der Waals surface area contributed by atoms with E-state index in [2.05, 4.69) is 16.4 Å². The van der Waals surface area contributed by atoms with E-state index >= 15 is 0 Å². The first-order chi connectivity index (χ1) is 7.81. The summed E-state index contributed by atoms with van der Waals surface area (Å²) in [6.45, 7) is 0.560. The number of aromatic nitrogens is 1. The quantitative estimate of drug-likeness (QED) is 0.743.